The first-order valence-electron chi connectivity index (χ1n) is 10.9. The van der Waals surface area contributed by atoms with Crippen molar-refractivity contribution >= 4 is 17.4 Å². The van der Waals surface area contributed by atoms with Crippen molar-refractivity contribution in [1.82, 2.24) is 9.80 Å². The molecule has 4 rings (SSSR count). The highest BCUT2D eigenvalue weighted by Crippen LogP contribution is 2.43. The molecule has 1 unspecified atom stereocenters. The van der Waals surface area contributed by atoms with Crippen molar-refractivity contribution in [2.24, 2.45) is 0 Å². The van der Waals surface area contributed by atoms with Crippen molar-refractivity contribution in [2.75, 3.05) is 48.2 Å². The van der Waals surface area contributed by atoms with Gasteiger partial charge in [-0.3, -0.25) is 9.59 Å². The van der Waals surface area contributed by atoms with E-state index < -0.39 is 17.7 Å². The molecule has 34 heavy (non-hydrogen) atoms. The van der Waals surface area contributed by atoms with Gasteiger partial charge in [0, 0.05) is 12.1 Å². The standard InChI is InChI=1S/C25H28N2O7/c1-26(2)10-5-11-27-22(15-6-8-17(31-3)19(12-15)32-4)21(24(29)25(27)30)23(28)16-7-9-18-20(13-16)34-14-33-18/h6-9,12-13,22,28H,5,10-11,14H2,1-4H3. The summed E-state index contributed by atoms with van der Waals surface area (Å²) in [5, 5.41) is 11.2. The van der Waals surface area contributed by atoms with Crippen LogP contribution in [0.15, 0.2) is 42.0 Å². The van der Waals surface area contributed by atoms with E-state index in [1.54, 1.807) is 36.4 Å². The fraction of sp³-hybridized carbons (Fsp3) is 0.360. The van der Waals surface area contributed by atoms with Gasteiger partial charge in [-0.25, -0.2) is 0 Å². The Hall–Kier alpha value is -3.72. The van der Waals surface area contributed by atoms with Crippen molar-refractivity contribution in [3.05, 3.63) is 53.1 Å². The molecule has 2 aromatic carbocycles. The van der Waals surface area contributed by atoms with Crippen molar-refractivity contribution in [2.45, 2.75) is 12.5 Å². The lowest BCUT2D eigenvalue weighted by Crippen LogP contribution is -2.32. The molecule has 1 fully saturated rings. The number of methoxy groups -OCH3 is 2. The molecule has 1 saturated heterocycles. The van der Waals surface area contributed by atoms with E-state index in [-0.39, 0.29) is 18.1 Å². The second-order valence-corrected chi connectivity index (χ2v) is 8.33. The van der Waals surface area contributed by atoms with Crippen LogP contribution in [0.3, 0.4) is 0 Å². The summed E-state index contributed by atoms with van der Waals surface area (Å²) in [6.07, 6.45) is 0.661. The number of aliphatic hydroxyl groups excluding tert-OH is 1. The molecule has 1 atom stereocenters. The number of nitrogens with zero attached hydrogens (tertiary/aromatic N) is 2. The van der Waals surface area contributed by atoms with Gasteiger partial charge in [-0.2, -0.15) is 0 Å². The lowest BCUT2D eigenvalue weighted by molar-refractivity contribution is -0.139. The third kappa shape index (κ3) is 4.26. The number of hydrogen-bond donors (Lipinski definition) is 1. The zero-order chi connectivity index (χ0) is 24.4. The maximum Gasteiger partial charge on any atom is 0.295 e. The van der Waals surface area contributed by atoms with Crippen molar-refractivity contribution in [3.63, 3.8) is 0 Å². The van der Waals surface area contributed by atoms with Crippen LogP contribution in [0.4, 0.5) is 0 Å². The molecule has 9 heteroatoms. The lowest BCUT2D eigenvalue weighted by Gasteiger charge is -2.26. The number of rotatable bonds is 8. The van der Waals surface area contributed by atoms with E-state index in [1.165, 1.54) is 19.1 Å². The van der Waals surface area contributed by atoms with Crippen LogP contribution in [-0.2, 0) is 9.59 Å². The Bertz CT molecular complexity index is 1140. The second-order valence-electron chi connectivity index (χ2n) is 8.33. The molecule has 0 aliphatic carbocycles. The maximum atomic E-state index is 13.2. The molecule has 1 amide bonds. The fourth-order valence-corrected chi connectivity index (χ4v) is 4.24. The minimum absolute atomic E-state index is 0.0148. The Morgan fingerprint density at radius 2 is 1.79 bits per heavy atom. The van der Waals surface area contributed by atoms with Gasteiger partial charge < -0.3 is 33.9 Å². The SMILES string of the molecule is COc1ccc(C2C(=C(O)c3ccc4c(c3)OCO4)C(=O)C(=O)N2CCCN(C)C)cc1OC. The summed E-state index contributed by atoms with van der Waals surface area (Å²) < 4.78 is 21.5. The fourth-order valence-electron chi connectivity index (χ4n) is 4.24. The molecule has 1 N–H and O–H groups in total. The number of hydrogen-bond acceptors (Lipinski definition) is 8. The predicted molar refractivity (Wildman–Crippen MR) is 124 cm³/mol. The third-order valence-corrected chi connectivity index (χ3v) is 5.91. The molecule has 0 radical (unpaired) electrons. The number of carbonyl (C=O) groups is 2. The van der Waals surface area contributed by atoms with E-state index in [0.717, 1.165) is 6.54 Å². The van der Waals surface area contributed by atoms with Gasteiger partial charge in [0.25, 0.3) is 11.7 Å². The molecular formula is C25H28N2O7. The highest BCUT2D eigenvalue weighted by molar-refractivity contribution is 6.46. The monoisotopic (exact) mass is 468 g/mol. The molecule has 2 aliphatic heterocycles. The number of ketones is 1. The first kappa shape index (κ1) is 23.4. The Balaban J connectivity index is 1.82. The van der Waals surface area contributed by atoms with Gasteiger partial charge in [0.15, 0.2) is 23.0 Å². The van der Waals surface area contributed by atoms with E-state index in [2.05, 4.69) is 0 Å². The summed E-state index contributed by atoms with van der Waals surface area (Å²) in [4.78, 5) is 29.8. The van der Waals surface area contributed by atoms with Crippen LogP contribution in [-0.4, -0.2) is 74.8 Å². The van der Waals surface area contributed by atoms with Gasteiger partial charge in [-0.1, -0.05) is 6.07 Å². The number of likely N-dealkylation sites (tertiary alicyclic amines) is 1. The van der Waals surface area contributed by atoms with Crippen molar-refractivity contribution in [3.8, 4) is 23.0 Å². The van der Waals surface area contributed by atoms with Gasteiger partial charge in [0.2, 0.25) is 6.79 Å². The third-order valence-electron chi connectivity index (χ3n) is 5.91. The summed E-state index contributed by atoms with van der Waals surface area (Å²) in [7, 11) is 6.94. The number of aliphatic hydroxyl groups is 1. The molecule has 9 nitrogen and oxygen atoms in total. The summed E-state index contributed by atoms with van der Waals surface area (Å²) in [5.74, 6) is 0.338. The molecule has 0 saturated carbocycles. The van der Waals surface area contributed by atoms with E-state index in [9.17, 15) is 14.7 Å². The molecule has 2 aliphatic rings. The first-order chi connectivity index (χ1) is 16.3. The predicted octanol–water partition coefficient (Wildman–Crippen LogP) is 2.81. The molecule has 2 aromatic rings. The van der Waals surface area contributed by atoms with E-state index in [4.69, 9.17) is 18.9 Å². The largest absolute Gasteiger partial charge is 0.507 e. The molecule has 2 heterocycles. The summed E-state index contributed by atoms with van der Waals surface area (Å²) in [6, 6.07) is 9.32. The quantitative estimate of drug-likeness (QED) is 0.359. The minimum atomic E-state index is -0.785. The summed E-state index contributed by atoms with van der Waals surface area (Å²) in [5.41, 5.74) is 1.01. The summed E-state index contributed by atoms with van der Waals surface area (Å²) in [6.45, 7) is 1.17. The number of carbonyl (C=O) groups excluding carboxylic acids is 2. The molecule has 0 spiro atoms. The highest BCUT2D eigenvalue weighted by atomic mass is 16.7. The second kappa shape index (κ2) is 9.64. The van der Waals surface area contributed by atoms with Gasteiger partial charge in [0.1, 0.15) is 5.76 Å². The van der Waals surface area contributed by atoms with Crippen LogP contribution in [0, 0.1) is 0 Å². The lowest BCUT2D eigenvalue weighted by atomic mass is 9.94. The van der Waals surface area contributed by atoms with Crippen LogP contribution < -0.4 is 18.9 Å². The van der Waals surface area contributed by atoms with Gasteiger partial charge in [0.05, 0.1) is 25.8 Å². The van der Waals surface area contributed by atoms with E-state index in [0.29, 0.717) is 47.1 Å². The average Bonchev–Trinajstić information content (AvgIpc) is 3.40. The number of benzene rings is 2. The zero-order valence-electron chi connectivity index (χ0n) is 19.7. The number of fused-ring (bicyclic) bond motifs is 1. The number of ether oxygens (including phenoxy) is 4. The van der Waals surface area contributed by atoms with Crippen LogP contribution in [0.1, 0.15) is 23.6 Å². The minimum Gasteiger partial charge on any atom is -0.507 e. The molecular weight excluding hydrogens is 440 g/mol. The smallest absolute Gasteiger partial charge is 0.295 e. The van der Waals surface area contributed by atoms with E-state index in [1.807, 2.05) is 19.0 Å². The van der Waals surface area contributed by atoms with E-state index >= 15 is 0 Å². The Morgan fingerprint density at radius 1 is 1.06 bits per heavy atom. The normalized spacial score (nSPS) is 18.6. The number of amides is 1. The number of Topliss-reactive ketones (excluding diaryl/α,β-unsaturated/α-hetero) is 1. The highest BCUT2D eigenvalue weighted by Gasteiger charge is 2.46. The van der Waals surface area contributed by atoms with Gasteiger partial charge >= 0.3 is 0 Å². The van der Waals surface area contributed by atoms with Crippen molar-refractivity contribution < 1.29 is 33.6 Å². The zero-order valence-corrected chi connectivity index (χ0v) is 19.7. The summed E-state index contributed by atoms with van der Waals surface area (Å²) >= 11 is 0. The topological polar surface area (TPSA) is 97.8 Å². The Labute approximate surface area is 198 Å². The van der Waals surface area contributed by atoms with Gasteiger partial charge in [-0.15, -0.1) is 0 Å². The first-order valence-corrected chi connectivity index (χ1v) is 10.9. The molecule has 0 bridgehead atoms. The Kier molecular flexibility index (Phi) is 6.65. The average molecular weight is 469 g/mol. The van der Waals surface area contributed by atoms with Crippen LogP contribution in [0.2, 0.25) is 0 Å². The Morgan fingerprint density at radius 3 is 2.50 bits per heavy atom. The molecule has 0 aromatic heterocycles. The van der Waals surface area contributed by atoms with Crippen LogP contribution in [0.5, 0.6) is 23.0 Å². The van der Waals surface area contributed by atoms with Crippen LogP contribution >= 0.6 is 0 Å². The van der Waals surface area contributed by atoms with Gasteiger partial charge in [-0.05, 0) is 63.0 Å². The van der Waals surface area contributed by atoms with Crippen molar-refractivity contribution in [1.29, 1.82) is 0 Å². The van der Waals surface area contributed by atoms with Crippen LogP contribution in [0.25, 0.3) is 5.76 Å². The maximum absolute atomic E-state index is 13.2. The molecule has 180 valence electrons.